The van der Waals surface area contributed by atoms with Gasteiger partial charge in [-0.05, 0) is 19.3 Å². The highest BCUT2D eigenvalue weighted by molar-refractivity contribution is 5.72. The lowest BCUT2D eigenvalue weighted by atomic mass is 9.74. The number of carboxylic acids is 1. The third kappa shape index (κ3) is 6.42. The van der Waals surface area contributed by atoms with Crippen molar-refractivity contribution in [1.29, 1.82) is 0 Å². The van der Waals surface area contributed by atoms with Gasteiger partial charge in [0.15, 0.2) is 0 Å². The molecule has 0 aliphatic carbocycles. The molecule has 18 heavy (non-hydrogen) atoms. The fraction of sp³-hybridized carbons (Fsp3) is 0.938. The van der Waals surface area contributed by atoms with Gasteiger partial charge in [0, 0.05) is 11.4 Å². The van der Waals surface area contributed by atoms with Crippen molar-refractivity contribution in [2.75, 3.05) is 0 Å². The van der Waals surface area contributed by atoms with Gasteiger partial charge in [0.25, 0.3) is 0 Å². The molecular formula is C16H31O2-. The molecule has 2 heteroatoms. The predicted molar refractivity (Wildman–Crippen MR) is 75.2 cm³/mol. The van der Waals surface area contributed by atoms with E-state index in [1.165, 1.54) is 12.8 Å². The van der Waals surface area contributed by atoms with Crippen LogP contribution in [0.4, 0.5) is 0 Å². The minimum absolute atomic E-state index is 0.542. The van der Waals surface area contributed by atoms with Gasteiger partial charge in [0.1, 0.15) is 0 Å². The summed E-state index contributed by atoms with van der Waals surface area (Å²) in [5, 5.41) is 11.6. The monoisotopic (exact) mass is 255 g/mol. The van der Waals surface area contributed by atoms with Crippen LogP contribution in [-0.4, -0.2) is 5.97 Å². The smallest absolute Gasteiger partial charge is 0.0476 e. The first kappa shape index (κ1) is 17.5. The molecule has 0 aromatic rings. The molecule has 0 saturated carbocycles. The van der Waals surface area contributed by atoms with Gasteiger partial charge < -0.3 is 9.90 Å². The molecule has 0 aromatic carbocycles. The Morgan fingerprint density at radius 2 is 1.22 bits per heavy atom. The number of rotatable bonds is 12. The molecule has 0 radical (unpaired) electrons. The molecule has 0 aliphatic rings. The Morgan fingerprint density at radius 3 is 1.61 bits per heavy atom. The highest BCUT2D eigenvalue weighted by atomic mass is 16.4. The van der Waals surface area contributed by atoms with Gasteiger partial charge in [-0.1, -0.05) is 72.1 Å². The topological polar surface area (TPSA) is 40.1 Å². The average Bonchev–Trinajstić information content (AvgIpc) is 2.37. The van der Waals surface area contributed by atoms with Gasteiger partial charge in [-0.15, -0.1) is 0 Å². The summed E-state index contributed by atoms with van der Waals surface area (Å²) in [6, 6.07) is 0. The van der Waals surface area contributed by atoms with Gasteiger partial charge in [0.2, 0.25) is 0 Å². The first-order chi connectivity index (χ1) is 8.63. The van der Waals surface area contributed by atoms with Crippen molar-refractivity contribution in [3.05, 3.63) is 0 Å². The van der Waals surface area contributed by atoms with E-state index in [1.54, 1.807) is 0 Å². The van der Waals surface area contributed by atoms with Gasteiger partial charge in [-0.25, -0.2) is 0 Å². The molecule has 0 aliphatic heterocycles. The minimum Gasteiger partial charge on any atom is -0.550 e. The van der Waals surface area contributed by atoms with Crippen molar-refractivity contribution >= 4 is 5.97 Å². The summed E-state index contributed by atoms with van der Waals surface area (Å²) >= 11 is 0. The molecule has 0 rings (SSSR count). The molecule has 0 atom stereocenters. The Balaban J connectivity index is 4.45. The quantitative estimate of drug-likeness (QED) is 0.493. The van der Waals surface area contributed by atoms with Gasteiger partial charge in [-0.2, -0.15) is 0 Å². The fourth-order valence-corrected chi connectivity index (χ4v) is 2.60. The maximum atomic E-state index is 11.6. The lowest BCUT2D eigenvalue weighted by molar-refractivity contribution is -0.320. The normalized spacial score (nSPS) is 11.7. The second kappa shape index (κ2) is 10.4. The van der Waals surface area contributed by atoms with Crippen LogP contribution in [-0.2, 0) is 4.79 Å². The number of carboxylic acid groups (broad SMARTS) is 1. The molecule has 0 fully saturated rings. The molecule has 0 bridgehead atoms. The van der Waals surface area contributed by atoms with Crippen LogP contribution in [0.1, 0.15) is 91.4 Å². The number of unbranched alkanes of at least 4 members (excludes halogenated alkanes) is 5. The number of hydrogen-bond donors (Lipinski definition) is 0. The maximum Gasteiger partial charge on any atom is 0.0476 e. The summed E-state index contributed by atoms with van der Waals surface area (Å²) in [6.45, 7) is 6.42. The lowest BCUT2D eigenvalue weighted by Crippen LogP contribution is -2.42. The zero-order valence-corrected chi connectivity index (χ0v) is 12.6. The highest BCUT2D eigenvalue weighted by Crippen LogP contribution is 2.36. The van der Waals surface area contributed by atoms with Crippen molar-refractivity contribution in [2.24, 2.45) is 5.41 Å². The van der Waals surface area contributed by atoms with Crippen molar-refractivity contribution in [2.45, 2.75) is 91.4 Å². The van der Waals surface area contributed by atoms with E-state index in [4.69, 9.17) is 0 Å². The summed E-state index contributed by atoms with van der Waals surface area (Å²) in [6.07, 6.45) is 11.2. The zero-order chi connectivity index (χ0) is 13.9. The first-order valence-electron chi connectivity index (χ1n) is 7.84. The third-order valence-electron chi connectivity index (χ3n) is 3.96. The molecule has 0 heterocycles. The van der Waals surface area contributed by atoms with Crippen LogP contribution in [0.2, 0.25) is 0 Å². The van der Waals surface area contributed by atoms with E-state index in [-0.39, 0.29) is 0 Å². The van der Waals surface area contributed by atoms with Crippen LogP contribution >= 0.6 is 0 Å². The van der Waals surface area contributed by atoms with Crippen LogP contribution < -0.4 is 5.11 Å². The minimum atomic E-state index is -0.805. The molecule has 0 N–H and O–H groups in total. The second-order valence-corrected chi connectivity index (χ2v) is 5.59. The number of aliphatic carboxylic acids is 1. The Kier molecular flexibility index (Phi) is 10.1. The van der Waals surface area contributed by atoms with Gasteiger partial charge in [0.05, 0.1) is 0 Å². The van der Waals surface area contributed by atoms with Gasteiger partial charge in [-0.3, -0.25) is 0 Å². The SMILES string of the molecule is CCCCCCC(CCCC)(CCCC)C(=O)[O-]. The molecule has 0 spiro atoms. The van der Waals surface area contributed by atoms with Crippen LogP contribution in [0.3, 0.4) is 0 Å². The van der Waals surface area contributed by atoms with Crippen molar-refractivity contribution < 1.29 is 9.90 Å². The van der Waals surface area contributed by atoms with E-state index in [9.17, 15) is 9.90 Å². The Bertz CT molecular complexity index is 203. The summed E-state index contributed by atoms with van der Waals surface area (Å²) in [5.41, 5.74) is -0.542. The number of hydrogen-bond acceptors (Lipinski definition) is 2. The summed E-state index contributed by atoms with van der Waals surface area (Å²) in [5.74, 6) is -0.805. The van der Waals surface area contributed by atoms with E-state index in [2.05, 4.69) is 20.8 Å². The molecule has 2 nitrogen and oxygen atoms in total. The molecule has 0 amide bonds. The Hall–Kier alpha value is -0.530. The average molecular weight is 255 g/mol. The van der Waals surface area contributed by atoms with E-state index >= 15 is 0 Å². The summed E-state index contributed by atoms with van der Waals surface area (Å²) in [4.78, 5) is 11.6. The molecular weight excluding hydrogens is 224 g/mol. The summed E-state index contributed by atoms with van der Waals surface area (Å²) in [7, 11) is 0. The molecule has 108 valence electrons. The second-order valence-electron chi connectivity index (χ2n) is 5.59. The molecule has 0 aromatic heterocycles. The van der Waals surface area contributed by atoms with E-state index in [1.807, 2.05) is 0 Å². The van der Waals surface area contributed by atoms with Crippen molar-refractivity contribution in [1.82, 2.24) is 0 Å². The van der Waals surface area contributed by atoms with Crippen molar-refractivity contribution in [3.8, 4) is 0 Å². The highest BCUT2D eigenvalue weighted by Gasteiger charge is 2.29. The van der Waals surface area contributed by atoms with Crippen LogP contribution in [0.25, 0.3) is 0 Å². The van der Waals surface area contributed by atoms with Crippen molar-refractivity contribution in [3.63, 3.8) is 0 Å². The fourth-order valence-electron chi connectivity index (χ4n) is 2.60. The lowest BCUT2D eigenvalue weighted by Gasteiger charge is -2.35. The Labute approximate surface area is 113 Å². The van der Waals surface area contributed by atoms with E-state index in [0.717, 1.165) is 57.8 Å². The Morgan fingerprint density at radius 1 is 0.778 bits per heavy atom. The van der Waals surface area contributed by atoms with Crippen LogP contribution in [0.15, 0.2) is 0 Å². The van der Waals surface area contributed by atoms with E-state index in [0.29, 0.717) is 0 Å². The molecule has 0 saturated heterocycles. The van der Waals surface area contributed by atoms with E-state index < -0.39 is 11.4 Å². The maximum absolute atomic E-state index is 11.6. The standard InChI is InChI=1S/C16H32O2/c1-4-7-10-11-14-16(15(17)18,12-8-5-2)13-9-6-3/h4-14H2,1-3H3,(H,17,18)/p-1. The number of carbonyl (C=O) groups is 1. The third-order valence-corrected chi connectivity index (χ3v) is 3.96. The first-order valence-corrected chi connectivity index (χ1v) is 7.84. The molecule has 0 unspecified atom stereocenters. The predicted octanol–water partition coefficient (Wildman–Crippen LogP) is 4.07. The van der Waals surface area contributed by atoms with Gasteiger partial charge >= 0.3 is 0 Å². The number of carbonyl (C=O) groups excluding carboxylic acids is 1. The summed E-state index contributed by atoms with van der Waals surface area (Å²) < 4.78 is 0. The van der Waals surface area contributed by atoms with Crippen LogP contribution in [0.5, 0.6) is 0 Å². The largest absolute Gasteiger partial charge is 0.550 e. The zero-order valence-electron chi connectivity index (χ0n) is 12.6. The van der Waals surface area contributed by atoms with Crippen LogP contribution in [0, 0.1) is 5.41 Å².